The summed E-state index contributed by atoms with van der Waals surface area (Å²) in [6.45, 7) is 11.3. The first-order valence-corrected chi connectivity index (χ1v) is 10.7. The molecule has 0 N–H and O–H groups in total. The molecule has 0 fully saturated rings. The van der Waals surface area contributed by atoms with E-state index in [-0.39, 0.29) is 12.4 Å². The van der Waals surface area contributed by atoms with Crippen LogP contribution in [0, 0.1) is 0 Å². The van der Waals surface area contributed by atoms with Gasteiger partial charge in [0, 0.05) is 42.5 Å². The second-order valence-electron chi connectivity index (χ2n) is 7.54. The highest BCUT2D eigenvalue weighted by atomic mass is 16.6. The van der Waals surface area contributed by atoms with Gasteiger partial charge in [0.25, 0.3) is 0 Å². The zero-order chi connectivity index (χ0) is 23.9. The third-order valence-corrected chi connectivity index (χ3v) is 3.70. The van der Waals surface area contributed by atoms with Crippen molar-refractivity contribution in [3.63, 3.8) is 0 Å². The summed E-state index contributed by atoms with van der Waals surface area (Å²) in [7, 11) is 0. The molecule has 0 rings (SSSR count). The van der Waals surface area contributed by atoms with Crippen LogP contribution in [0.3, 0.4) is 0 Å². The van der Waals surface area contributed by atoms with Gasteiger partial charge in [-0.2, -0.15) is 0 Å². The lowest BCUT2D eigenvalue weighted by Gasteiger charge is -2.24. The molecule has 13 nitrogen and oxygen atoms in total. The number of carbonyl (C=O) groups is 1. The molecule has 184 valence electrons. The average Bonchev–Trinajstić information content (AvgIpc) is 2.73. The monoisotopic (exact) mass is 459 g/mol. The first-order chi connectivity index (χ1) is 15.4. The molecule has 0 saturated heterocycles. The van der Waals surface area contributed by atoms with Crippen LogP contribution in [0.4, 0.5) is 0 Å². The molecule has 0 saturated carbocycles. The van der Waals surface area contributed by atoms with Crippen molar-refractivity contribution in [1.82, 2.24) is 4.90 Å². The minimum atomic E-state index is -0.509. The average molecular weight is 460 g/mol. The Labute approximate surface area is 189 Å². The summed E-state index contributed by atoms with van der Waals surface area (Å²) < 4.78 is 27.1. The second kappa shape index (κ2) is 20.8. The fourth-order valence-corrected chi connectivity index (χ4v) is 2.31. The van der Waals surface area contributed by atoms with E-state index >= 15 is 0 Å². The highest BCUT2D eigenvalue weighted by molar-refractivity contribution is 5.70. The number of nitrogens with zero attached hydrogens (tertiary/aromatic N) is 7. The fraction of sp³-hybridized carbons (Fsp3) is 0.947. The number of carbonyl (C=O) groups excluding carboxylic acids is 1. The van der Waals surface area contributed by atoms with Crippen LogP contribution in [0.15, 0.2) is 10.2 Å². The molecule has 0 atom stereocenters. The maximum atomic E-state index is 12.0. The van der Waals surface area contributed by atoms with Crippen molar-refractivity contribution in [2.24, 2.45) is 10.2 Å². The molecular weight excluding hydrogens is 422 g/mol. The molecule has 0 bridgehead atoms. The summed E-state index contributed by atoms with van der Waals surface area (Å²) in [5.41, 5.74) is 15.9. The summed E-state index contributed by atoms with van der Waals surface area (Å²) in [4.78, 5) is 19.4. The van der Waals surface area contributed by atoms with E-state index in [1.807, 2.05) is 20.8 Å². The molecule has 32 heavy (non-hydrogen) atoms. The Hall–Kier alpha value is -2.11. The van der Waals surface area contributed by atoms with Crippen LogP contribution in [-0.2, 0) is 28.5 Å². The van der Waals surface area contributed by atoms with Gasteiger partial charge in [-0.3, -0.25) is 9.69 Å². The molecule has 0 spiro atoms. The number of hydrogen-bond donors (Lipinski definition) is 0. The van der Waals surface area contributed by atoms with Gasteiger partial charge in [0.05, 0.1) is 59.3 Å². The standard InChI is InChI=1S/C19H37N7O6/c1-19(2,3)32-18(27)4-7-26(8-12-30-16-14-28-10-5-22-24-20)9-13-31-17-15-29-11-6-23-25-21/h4-17H2,1-3H3. The topological polar surface area (TPSA) is 164 Å². The van der Waals surface area contributed by atoms with Crippen LogP contribution >= 0.6 is 0 Å². The Kier molecular flexibility index (Phi) is 19.4. The fourth-order valence-electron chi connectivity index (χ4n) is 2.31. The highest BCUT2D eigenvalue weighted by Crippen LogP contribution is 2.08. The Balaban J connectivity index is 4.10. The van der Waals surface area contributed by atoms with Gasteiger partial charge in [0.2, 0.25) is 0 Å². The molecule has 0 amide bonds. The summed E-state index contributed by atoms with van der Waals surface area (Å²) in [6, 6.07) is 0. The van der Waals surface area contributed by atoms with Crippen molar-refractivity contribution < 1.29 is 28.5 Å². The number of azide groups is 2. The minimum absolute atomic E-state index is 0.244. The number of hydrogen-bond acceptors (Lipinski definition) is 9. The molecule has 0 aromatic carbocycles. The van der Waals surface area contributed by atoms with E-state index in [9.17, 15) is 4.79 Å². The Bertz CT molecular complexity index is 541. The SMILES string of the molecule is CC(C)(C)OC(=O)CCN(CCOCCOCCN=[N+]=[N-])CCOCCOCCN=[N+]=[N-]. The highest BCUT2D eigenvalue weighted by Gasteiger charge is 2.17. The van der Waals surface area contributed by atoms with Gasteiger partial charge in [-0.25, -0.2) is 0 Å². The minimum Gasteiger partial charge on any atom is -0.460 e. The first-order valence-electron chi connectivity index (χ1n) is 10.7. The van der Waals surface area contributed by atoms with E-state index in [0.717, 1.165) is 0 Å². The van der Waals surface area contributed by atoms with E-state index in [4.69, 9.17) is 34.7 Å². The van der Waals surface area contributed by atoms with Gasteiger partial charge in [-0.15, -0.1) is 0 Å². The normalized spacial score (nSPS) is 11.1. The smallest absolute Gasteiger partial charge is 0.307 e. The van der Waals surface area contributed by atoms with E-state index in [1.54, 1.807) is 0 Å². The summed E-state index contributed by atoms with van der Waals surface area (Å²) in [6.07, 6.45) is 0.280. The molecular formula is C19H37N7O6. The lowest BCUT2D eigenvalue weighted by atomic mass is 10.2. The summed E-state index contributed by atoms with van der Waals surface area (Å²) in [5, 5.41) is 6.77. The van der Waals surface area contributed by atoms with Gasteiger partial charge in [-0.05, 0) is 31.8 Å². The summed E-state index contributed by atoms with van der Waals surface area (Å²) >= 11 is 0. The van der Waals surface area contributed by atoms with Crippen LogP contribution in [0.5, 0.6) is 0 Å². The third kappa shape index (κ3) is 22.6. The van der Waals surface area contributed by atoms with Gasteiger partial charge >= 0.3 is 5.97 Å². The van der Waals surface area contributed by atoms with Gasteiger partial charge in [0.1, 0.15) is 5.60 Å². The molecule has 0 unspecified atom stereocenters. The Morgan fingerprint density at radius 1 is 0.750 bits per heavy atom. The van der Waals surface area contributed by atoms with Crippen molar-refractivity contribution in [2.45, 2.75) is 32.8 Å². The largest absolute Gasteiger partial charge is 0.460 e. The lowest BCUT2D eigenvalue weighted by Crippen LogP contribution is -2.34. The predicted molar refractivity (Wildman–Crippen MR) is 118 cm³/mol. The van der Waals surface area contributed by atoms with Gasteiger partial charge in [0.15, 0.2) is 0 Å². The molecule has 13 heteroatoms. The third-order valence-electron chi connectivity index (χ3n) is 3.70. The Morgan fingerprint density at radius 2 is 1.19 bits per heavy atom. The second-order valence-corrected chi connectivity index (χ2v) is 7.54. The zero-order valence-corrected chi connectivity index (χ0v) is 19.5. The molecule has 0 aliphatic carbocycles. The van der Waals surface area contributed by atoms with Crippen molar-refractivity contribution in [3.05, 3.63) is 20.9 Å². The molecule has 0 radical (unpaired) electrons. The van der Waals surface area contributed by atoms with E-state index in [0.29, 0.717) is 85.6 Å². The lowest BCUT2D eigenvalue weighted by molar-refractivity contribution is -0.155. The quantitative estimate of drug-likeness (QED) is 0.0836. The first kappa shape index (κ1) is 29.9. The van der Waals surface area contributed by atoms with E-state index < -0.39 is 5.60 Å². The zero-order valence-electron chi connectivity index (χ0n) is 19.5. The van der Waals surface area contributed by atoms with Gasteiger partial charge in [-0.1, -0.05) is 10.2 Å². The van der Waals surface area contributed by atoms with Crippen LogP contribution in [0.1, 0.15) is 27.2 Å². The number of esters is 1. The Morgan fingerprint density at radius 3 is 1.59 bits per heavy atom. The van der Waals surface area contributed by atoms with Crippen LogP contribution in [-0.4, -0.2) is 102 Å². The predicted octanol–water partition coefficient (Wildman–Crippen LogP) is 2.71. The molecule has 0 aliphatic heterocycles. The number of ether oxygens (including phenoxy) is 5. The van der Waals surface area contributed by atoms with Gasteiger partial charge < -0.3 is 23.7 Å². The molecule has 0 heterocycles. The van der Waals surface area contributed by atoms with Crippen molar-refractivity contribution in [2.75, 3.05) is 85.6 Å². The molecule has 0 aromatic rings. The number of rotatable bonds is 21. The van der Waals surface area contributed by atoms with Crippen LogP contribution in [0.2, 0.25) is 0 Å². The maximum Gasteiger partial charge on any atom is 0.307 e. The molecule has 0 aromatic heterocycles. The maximum absolute atomic E-state index is 12.0. The van der Waals surface area contributed by atoms with Crippen molar-refractivity contribution in [3.8, 4) is 0 Å². The van der Waals surface area contributed by atoms with E-state index in [1.165, 1.54) is 0 Å². The van der Waals surface area contributed by atoms with Crippen LogP contribution in [0.25, 0.3) is 20.9 Å². The van der Waals surface area contributed by atoms with Crippen molar-refractivity contribution >= 4 is 5.97 Å². The molecule has 0 aliphatic rings. The van der Waals surface area contributed by atoms with Crippen LogP contribution < -0.4 is 0 Å². The van der Waals surface area contributed by atoms with Crippen molar-refractivity contribution in [1.29, 1.82) is 0 Å². The summed E-state index contributed by atoms with van der Waals surface area (Å²) in [5.74, 6) is -0.244. The van der Waals surface area contributed by atoms with E-state index in [2.05, 4.69) is 25.0 Å².